The Balaban J connectivity index is 1.59. The number of amides is 2. The number of aliphatic hydroxyl groups excluding tert-OH is 1. The molecule has 0 bridgehead atoms. The van der Waals surface area contributed by atoms with E-state index >= 15 is 0 Å². The van der Waals surface area contributed by atoms with E-state index in [0.29, 0.717) is 16.8 Å². The van der Waals surface area contributed by atoms with Crippen LogP contribution >= 0.6 is 0 Å². The zero-order chi connectivity index (χ0) is 31.6. The minimum atomic E-state index is -2.95. The molecule has 1 atom stereocenters. The molecule has 13 heteroatoms. The summed E-state index contributed by atoms with van der Waals surface area (Å²) < 4.78 is 48.1. The average molecular weight is 589 g/mol. The van der Waals surface area contributed by atoms with Crippen molar-refractivity contribution >= 4 is 34.8 Å². The number of aromatic nitrogens is 3. The largest absolute Gasteiger partial charge is 0.497 e. The maximum Gasteiger partial charge on any atom is 0.435 e. The van der Waals surface area contributed by atoms with Crippen molar-refractivity contribution in [3.8, 4) is 5.75 Å². The minimum absolute atomic E-state index is 0.0410. The highest BCUT2D eigenvalue weighted by atomic mass is 19.3. The second kappa shape index (κ2) is 11.6. The fourth-order valence-electron chi connectivity index (χ4n) is 4.96. The van der Waals surface area contributed by atoms with Crippen LogP contribution in [-0.2, 0) is 19.7 Å². The topological polar surface area (TPSA) is 136 Å². The van der Waals surface area contributed by atoms with Crippen LogP contribution in [0.1, 0.15) is 53.4 Å². The van der Waals surface area contributed by atoms with Gasteiger partial charge in [0.05, 0.1) is 30.8 Å². The Labute approximate surface area is 243 Å². The molecule has 1 aromatic carbocycles. The number of benzene rings is 1. The van der Waals surface area contributed by atoms with Gasteiger partial charge in [0.2, 0.25) is 11.8 Å². The van der Waals surface area contributed by atoms with Gasteiger partial charge in [-0.2, -0.15) is 9.78 Å². The summed E-state index contributed by atoms with van der Waals surface area (Å²) in [6.45, 7) is 4.32. The number of nitrogens with zero attached hydrogens (tertiary/aromatic N) is 4. The van der Waals surface area contributed by atoms with E-state index in [0.717, 1.165) is 9.58 Å². The molecule has 0 radical (unpaired) electrons. The molecule has 2 aromatic heterocycles. The third-order valence-electron chi connectivity index (χ3n) is 7.24. The number of carbonyl (C=O) groups excluding carboxylic acids is 3. The molecule has 226 valence electrons. The minimum Gasteiger partial charge on any atom is -0.497 e. The van der Waals surface area contributed by atoms with Gasteiger partial charge in [-0.25, -0.2) is 18.6 Å². The van der Waals surface area contributed by atoms with Crippen LogP contribution in [0.4, 0.5) is 19.4 Å². The Bertz CT molecular complexity index is 1480. The molecule has 42 heavy (non-hydrogen) atoms. The van der Waals surface area contributed by atoms with Crippen molar-refractivity contribution in [2.75, 3.05) is 26.1 Å². The number of likely N-dealkylation sites (N-methyl/N-ethyl adjacent to an activating group) is 1. The summed E-state index contributed by atoms with van der Waals surface area (Å²) in [6.07, 6.45) is -0.906. The molecule has 2 N–H and O–H groups in total. The van der Waals surface area contributed by atoms with E-state index in [9.17, 15) is 28.3 Å². The Morgan fingerprint density at radius 2 is 1.81 bits per heavy atom. The fraction of sp³-hybridized carbons (Fsp3) is 0.483. The molecular formula is C29H35F2N5O6. The monoisotopic (exact) mass is 588 g/mol. The standard InChI is InChI=1S/C29H35F2N5O6/c1-27(2,3)42-26(40)36-21-10-11-23(33-20(21)16-32-36)34-24(38)22(17-37)35(4)25(39)28(12-14-29(30,31)15-13-28)18-6-8-19(41-5)9-7-18/h6-11,16,22,37H,12-15,17H2,1-5H3,(H,33,34,38)/t22-/m0/s1/i4D. The smallest absolute Gasteiger partial charge is 0.435 e. The number of methoxy groups -OCH3 is 1. The Hall–Kier alpha value is -4.13. The van der Waals surface area contributed by atoms with Gasteiger partial charge in [-0.15, -0.1) is 0 Å². The number of carbonyl (C=O) groups is 3. The number of pyridine rings is 1. The number of hydrogen-bond acceptors (Lipinski definition) is 8. The summed E-state index contributed by atoms with van der Waals surface area (Å²) in [5.74, 6) is -3.94. The average Bonchev–Trinajstić information content (AvgIpc) is 3.38. The fourth-order valence-corrected chi connectivity index (χ4v) is 4.96. The molecule has 1 aliphatic rings. The van der Waals surface area contributed by atoms with Gasteiger partial charge in [-0.05, 0) is 63.4 Å². The summed E-state index contributed by atoms with van der Waals surface area (Å²) in [4.78, 5) is 45.1. The maximum absolute atomic E-state index is 14.2. The molecule has 1 aliphatic carbocycles. The molecule has 0 unspecified atom stereocenters. The number of nitrogens with one attached hydrogen (secondary N) is 1. The zero-order valence-electron chi connectivity index (χ0n) is 24.9. The van der Waals surface area contributed by atoms with Crippen molar-refractivity contribution in [2.24, 2.45) is 0 Å². The second-order valence-corrected chi connectivity index (χ2v) is 11.3. The number of anilines is 1. The predicted molar refractivity (Wildman–Crippen MR) is 150 cm³/mol. The number of fused-ring (bicyclic) bond motifs is 1. The molecule has 0 aliphatic heterocycles. The Morgan fingerprint density at radius 3 is 2.38 bits per heavy atom. The van der Waals surface area contributed by atoms with E-state index < -0.39 is 67.4 Å². The van der Waals surface area contributed by atoms with E-state index in [2.05, 4.69) is 15.4 Å². The second-order valence-electron chi connectivity index (χ2n) is 11.3. The number of halogens is 2. The molecule has 0 spiro atoms. The van der Waals surface area contributed by atoms with Crippen molar-refractivity contribution in [2.45, 2.75) is 69.4 Å². The first kappa shape index (κ1) is 29.4. The predicted octanol–water partition coefficient (Wildman–Crippen LogP) is 4.13. The van der Waals surface area contributed by atoms with Crippen LogP contribution in [0.2, 0.25) is 0 Å². The van der Waals surface area contributed by atoms with E-state index in [1.165, 1.54) is 25.4 Å². The lowest BCUT2D eigenvalue weighted by Gasteiger charge is -2.42. The van der Waals surface area contributed by atoms with Crippen molar-refractivity contribution in [3.63, 3.8) is 0 Å². The van der Waals surface area contributed by atoms with Crippen LogP contribution in [0, 0.1) is 0 Å². The lowest BCUT2D eigenvalue weighted by molar-refractivity contribution is -0.147. The summed E-state index contributed by atoms with van der Waals surface area (Å²) in [7, 11) is 0.768. The van der Waals surface area contributed by atoms with E-state index in [1.807, 2.05) is 0 Å². The van der Waals surface area contributed by atoms with Crippen molar-refractivity contribution < 1.29 is 39.1 Å². The van der Waals surface area contributed by atoms with Crippen LogP contribution in [0.3, 0.4) is 0 Å². The molecule has 0 saturated heterocycles. The van der Waals surface area contributed by atoms with Gasteiger partial charge in [-0.1, -0.05) is 12.1 Å². The molecule has 4 rings (SSSR count). The van der Waals surface area contributed by atoms with Gasteiger partial charge in [0, 0.05) is 21.2 Å². The van der Waals surface area contributed by atoms with Gasteiger partial charge in [0.15, 0.2) is 0 Å². The van der Waals surface area contributed by atoms with Crippen molar-refractivity contribution in [1.29, 1.82) is 0 Å². The third-order valence-corrected chi connectivity index (χ3v) is 7.24. The lowest BCUT2D eigenvalue weighted by atomic mass is 9.67. The SMILES string of the molecule is [2H]CN(C(=O)C1(c2ccc(OC)cc2)CCC(F)(F)CC1)[C@@H](CO)C(=O)Nc1ccc2c(cnn2C(=O)OC(C)(C)C)n1. The van der Waals surface area contributed by atoms with Crippen molar-refractivity contribution in [1.82, 2.24) is 19.7 Å². The molecular weight excluding hydrogens is 552 g/mol. The highest BCUT2D eigenvalue weighted by Gasteiger charge is 2.51. The number of alkyl halides is 2. The Morgan fingerprint density at radius 1 is 1.14 bits per heavy atom. The van der Waals surface area contributed by atoms with Gasteiger partial charge < -0.3 is 24.8 Å². The first-order valence-electron chi connectivity index (χ1n) is 14.1. The summed E-state index contributed by atoms with van der Waals surface area (Å²) >= 11 is 0. The highest BCUT2D eigenvalue weighted by molar-refractivity contribution is 5.99. The molecule has 3 aromatic rings. The first-order chi connectivity index (χ1) is 20.2. The van der Waals surface area contributed by atoms with Gasteiger partial charge in [0.1, 0.15) is 28.7 Å². The van der Waals surface area contributed by atoms with Crippen LogP contribution in [0.5, 0.6) is 5.75 Å². The number of rotatable bonds is 7. The first-order valence-corrected chi connectivity index (χ1v) is 13.4. The van der Waals surface area contributed by atoms with E-state index in [1.54, 1.807) is 45.0 Å². The molecule has 11 nitrogen and oxygen atoms in total. The number of ether oxygens (including phenoxy) is 2. The van der Waals surface area contributed by atoms with E-state index in [-0.39, 0.29) is 24.2 Å². The molecule has 2 heterocycles. The van der Waals surface area contributed by atoms with Gasteiger partial charge in [-0.3, -0.25) is 9.59 Å². The zero-order valence-corrected chi connectivity index (χ0v) is 23.9. The number of hydrogen-bond donors (Lipinski definition) is 2. The van der Waals surface area contributed by atoms with Crippen molar-refractivity contribution in [3.05, 3.63) is 48.2 Å². The van der Waals surface area contributed by atoms with Crippen LogP contribution < -0.4 is 10.1 Å². The summed E-state index contributed by atoms with van der Waals surface area (Å²) in [6, 6.07) is 7.86. The molecule has 1 fully saturated rings. The Kier molecular flexibility index (Phi) is 8.13. The highest BCUT2D eigenvalue weighted by Crippen LogP contribution is 2.47. The van der Waals surface area contributed by atoms with Crippen LogP contribution in [0.15, 0.2) is 42.6 Å². The summed E-state index contributed by atoms with van der Waals surface area (Å²) in [5, 5.41) is 16.7. The van der Waals surface area contributed by atoms with Crippen LogP contribution in [0.25, 0.3) is 11.0 Å². The van der Waals surface area contributed by atoms with Crippen LogP contribution in [-0.4, -0.2) is 81.0 Å². The lowest BCUT2D eigenvalue weighted by Crippen LogP contribution is -2.55. The molecule has 1 saturated carbocycles. The normalized spacial score (nSPS) is 17.2. The number of aliphatic hydroxyl groups is 1. The third kappa shape index (κ3) is 6.35. The maximum atomic E-state index is 14.2. The summed E-state index contributed by atoms with van der Waals surface area (Å²) in [5.41, 5.74) is -1.14. The van der Waals surface area contributed by atoms with E-state index in [4.69, 9.17) is 10.8 Å². The van der Waals surface area contributed by atoms with Gasteiger partial charge in [0.25, 0.3) is 5.91 Å². The molecule has 2 amide bonds. The van der Waals surface area contributed by atoms with Gasteiger partial charge >= 0.3 is 6.09 Å². The quantitative estimate of drug-likeness (QED) is 0.421.